The van der Waals surface area contributed by atoms with E-state index >= 15 is 0 Å². The van der Waals surface area contributed by atoms with Crippen LogP contribution in [0.4, 0.5) is 5.69 Å². The van der Waals surface area contributed by atoms with Gasteiger partial charge < -0.3 is 16.2 Å². The minimum Gasteiger partial charge on any atom is -0.478 e. The molecule has 2 aromatic carbocycles. The van der Waals surface area contributed by atoms with E-state index in [1.54, 1.807) is 36.4 Å². The van der Waals surface area contributed by atoms with Crippen molar-refractivity contribution in [2.45, 2.75) is 6.04 Å². The molecule has 0 aliphatic heterocycles. The summed E-state index contributed by atoms with van der Waals surface area (Å²) in [6, 6.07) is 14.2. The molecular weight excluding hydrogens is 256 g/mol. The lowest BCUT2D eigenvalue weighted by atomic mass is 10.1. The third-order valence-electron chi connectivity index (χ3n) is 2.86. The number of aromatic carboxylic acids is 1. The molecule has 2 rings (SSSR count). The third-order valence-corrected chi connectivity index (χ3v) is 2.86. The molecule has 0 spiro atoms. The van der Waals surface area contributed by atoms with Gasteiger partial charge in [-0.15, -0.1) is 0 Å². The lowest BCUT2D eigenvalue weighted by molar-refractivity contribution is -0.117. The van der Waals surface area contributed by atoms with Crippen molar-refractivity contribution in [2.24, 2.45) is 5.73 Å². The topological polar surface area (TPSA) is 92.4 Å². The highest BCUT2D eigenvalue weighted by Crippen LogP contribution is 2.17. The van der Waals surface area contributed by atoms with E-state index in [1.807, 2.05) is 6.07 Å². The Morgan fingerprint density at radius 2 is 1.60 bits per heavy atom. The molecule has 0 heterocycles. The first-order valence-corrected chi connectivity index (χ1v) is 6.03. The van der Waals surface area contributed by atoms with Crippen molar-refractivity contribution < 1.29 is 14.7 Å². The second-order valence-corrected chi connectivity index (χ2v) is 4.23. The van der Waals surface area contributed by atoms with Gasteiger partial charge in [-0.25, -0.2) is 4.79 Å². The van der Waals surface area contributed by atoms with Crippen LogP contribution >= 0.6 is 0 Å². The maximum atomic E-state index is 12.1. The highest BCUT2D eigenvalue weighted by Gasteiger charge is 2.18. The van der Waals surface area contributed by atoms with E-state index in [1.165, 1.54) is 12.1 Å². The Kier molecular flexibility index (Phi) is 4.12. The molecule has 1 amide bonds. The molecule has 2 aromatic rings. The van der Waals surface area contributed by atoms with Gasteiger partial charge in [-0.2, -0.15) is 0 Å². The lowest BCUT2D eigenvalue weighted by Crippen LogP contribution is -2.28. The normalized spacial score (nSPS) is 11.7. The highest BCUT2D eigenvalue weighted by atomic mass is 16.4. The Labute approximate surface area is 116 Å². The van der Waals surface area contributed by atoms with E-state index in [-0.39, 0.29) is 11.3 Å². The van der Waals surface area contributed by atoms with Gasteiger partial charge in [0.1, 0.15) is 6.04 Å². The van der Waals surface area contributed by atoms with Gasteiger partial charge in [0.15, 0.2) is 0 Å². The van der Waals surface area contributed by atoms with Crippen LogP contribution in [0, 0.1) is 0 Å². The van der Waals surface area contributed by atoms with Crippen molar-refractivity contribution in [2.75, 3.05) is 5.32 Å². The van der Waals surface area contributed by atoms with Crippen LogP contribution in [0.3, 0.4) is 0 Å². The van der Waals surface area contributed by atoms with Gasteiger partial charge in [-0.05, 0) is 17.7 Å². The predicted molar refractivity (Wildman–Crippen MR) is 75.4 cm³/mol. The van der Waals surface area contributed by atoms with E-state index in [2.05, 4.69) is 5.32 Å². The summed E-state index contributed by atoms with van der Waals surface area (Å²) in [5.74, 6) is -1.56. The van der Waals surface area contributed by atoms with E-state index < -0.39 is 17.9 Å². The van der Waals surface area contributed by atoms with Crippen molar-refractivity contribution in [1.29, 1.82) is 0 Å². The van der Waals surface area contributed by atoms with Crippen molar-refractivity contribution in [3.63, 3.8) is 0 Å². The summed E-state index contributed by atoms with van der Waals surface area (Å²) < 4.78 is 0. The highest BCUT2D eigenvalue weighted by molar-refractivity contribution is 6.02. The van der Waals surface area contributed by atoms with Crippen LogP contribution in [0.2, 0.25) is 0 Å². The summed E-state index contributed by atoms with van der Waals surface area (Å²) in [4.78, 5) is 23.1. The molecule has 20 heavy (non-hydrogen) atoms. The Morgan fingerprint density at radius 3 is 2.25 bits per heavy atom. The van der Waals surface area contributed by atoms with Gasteiger partial charge in [0.05, 0.1) is 11.3 Å². The smallest absolute Gasteiger partial charge is 0.337 e. The quantitative estimate of drug-likeness (QED) is 0.792. The van der Waals surface area contributed by atoms with Crippen LogP contribution in [0.15, 0.2) is 54.6 Å². The number of carbonyl (C=O) groups excluding carboxylic acids is 1. The zero-order valence-electron chi connectivity index (χ0n) is 10.6. The maximum absolute atomic E-state index is 12.1. The maximum Gasteiger partial charge on any atom is 0.337 e. The fraction of sp³-hybridized carbons (Fsp3) is 0.0667. The molecule has 1 atom stereocenters. The van der Waals surface area contributed by atoms with Gasteiger partial charge in [0.2, 0.25) is 5.91 Å². The molecular formula is C15H14N2O3. The van der Waals surface area contributed by atoms with Crippen molar-refractivity contribution in [1.82, 2.24) is 0 Å². The summed E-state index contributed by atoms with van der Waals surface area (Å²) in [5, 5.41) is 11.6. The van der Waals surface area contributed by atoms with Crippen LogP contribution in [0.25, 0.3) is 0 Å². The van der Waals surface area contributed by atoms with Crippen LogP contribution in [0.5, 0.6) is 0 Å². The lowest BCUT2D eigenvalue weighted by Gasteiger charge is -2.13. The molecule has 5 heteroatoms. The van der Waals surface area contributed by atoms with Gasteiger partial charge in [-0.3, -0.25) is 4.79 Å². The number of amides is 1. The fourth-order valence-electron chi connectivity index (χ4n) is 1.80. The molecule has 5 nitrogen and oxygen atoms in total. The number of carboxylic acids is 1. The molecule has 0 fully saturated rings. The summed E-state index contributed by atoms with van der Waals surface area (Å²) in [6.45, 7) is 0. The van der Waals surface area contributed by atoms with E-state index in [4.69, 9.17) is 10.8 Å². The van der Waals surface area contributed by atoms with Gasteiger partial charge in [-0.1, -0.05) is 42.5 Å². The van der Waals surface area contributed by atoms with Crippen LogP contribution in [-0.4, -0.2) is 17.0 Å². The van der Waals surface area contributed by atoms with Gasteiger partial charge in [0, 0.05) is 0 Å². The SMILES string of the molecule is N[C@H](C(=O)Nc1ccccc1C(=O)O)c1ccccc1. The Balaban J connectivity index is 2.18. The van der Waals surface area contributed by atoms with Gasteiger partial charge >= 0.3 is 5.97 Å². The summed E-state index contributed by atoms with van der Waals surface area (Å²) in [5.41, 5.74) is 6.78. The second kappa shape index (κ2) is 5.99. The molecule has 0 aromatic heterocycles. The van der Waals surface area contributed by atoms with Crippen molar-refractivity contribution >= 4 is 17.6 Å². The van der Waals surface area contributed by atoms with Crippen molar-refractivity contribution in [3.05, 3.63) is 65.7 Å². The van der Waals surface area contributed by atoms with Crippen molar-refractivity contribution in [3.8, 4) is 0 Å². The molecule has 0 bridgehead atoms. The number of carboxylic acid groups (broad SMARTS) is 1. The Bertz CT molecular complexity index is 626. The number of para-hydroxylation sites is 1. The first-order valence-electron chi connectivity index (χ1n) is 6.03. The number of rotatable bonds is 4. The van der Waals surface area contributed by atoms with Crippen LogP contribution < -0.4 is 11.1 Å². The molecule has 0 aliphatic carbocycles. The Morgan fingerprint density at radius 1 is 1.00 bits per heavy atom. The Hall–Kier alpha value is -2.66. The third kappa shape index (κ3) is 3.02. The molecule has 102 valence electrons. The summed E-state index contributed by atoms with van der Waals surface area (Å²) in [6.07, 6.45) is 0. The minimum absolute atomic E-state index is 0.0288. The average molecular weight is 270 g/mol. The minimum atomic E-state index is -1.10. The standard InChI is InChI=1S/C15H14N2O3/c16-13(10-6-2-1-3-7-10)14(18)17-12-9-5-4-8-11(12)15(19)20/h1-9,13H,16H2,(H,17,18)(H,19,20)/t13-/m0/s1. The number of benzene rings is 2. The number of hydrogen-bond acceptors (Lipinski definition) is 3. The van der Waals surface area contributed by atoms with E-state index in [9.17, 15) is 9.59 Å². The van der Waals surface area contributed by atoms with Gasteiger partial charge in [0.25, 0.3) is 0 Å². The molecule has 0 radical (unpaired) electrons. The number of carbonyl (C=O) groups is 2. The van der Waals surface area contributed by atoms with Crippen LogP contribution in [0.1, 0.15) is 22.0 Å². The zero-order chi connectivity index (χ0) is 14.5. The largest absolute Gasteiger partial charge is 0.478 e. The number of nitrogens with two attached hydrogens (primary N) is 1. The fourth-order valence-corrected chi connectivity index (χ4v) is 1.80. The summed E-state index contributed by atoms with van der Waals surface area (Å²) in [7, 11) is 0. The first kappa shape index (κ1) is 13.8. The molecule has 4 N–H and O–H groups in total. The molecule has 0 aliphatic rings. The predicted octanol–water partition coefficient (Wildman–Crippen LogP) is 2.02. The first-order chi connectivity index (χ1) is 9.59. The number of anilines is 1. The van der Waals surface area contributed by atoms with E-state index in [0.29, 0.717) is 5.56 Å². The molecule has 0 saturated carbocycles. The van der Waals surface area contributed by atoms with E-state index in [0.717, 1.165) is 0 Å². The van der Waals surface area contributed by atoms with Crippen LogP contribution in [-0.2, 0) is 4.79 Å². The monoisotopic (exact) mass is 270 g/mol. The molecule has 0 unspecified atom stereocenters. The second-order valence-electron chi connectivity index (χ2n) is 4.23. The average Bonchev–Trinajstić information content (AvgIpc) is 2.47. The molecule has 0 saturated heterocycles. The number of hydrogen-bond donors (Lipinski definition) is 3. The number of nitrogens with one attached hydrogen (secondary N) is 1. The zero-order valence-corrected chi connectivity index (χ0v) is 10.6. The summed E-state index contributed by atoms with van der Waals surface area (Å²) >= 11 is 0.